The van der Waals surface area contributed by atoms with Crippen molar-refractivity contribution in [1.82, 2.24) is 10.2 Å². The Morgan fingerprint density at radius 3 is 2.67 bits per heavy atom. The Morgan fingerprint density at radius 2 is 1.96 bits per heavy atom. The normalized spacial score (nSPS) is 19.0. The van der Waals surface area contributed by atoms with Gasteiger partial charge in [0.25, 0.3) is 5.91 Å². The maximum Gasteiger partial charge on any atom is 0.325 e. The third kappa shape index (κ3) is 3.00. The third-order valence-electron chi connectivity index (χ3n) is 4.94. The monoisotopic (exact) mass is 329 g/mol. The molecule has 6 heteroatoms. The number of imide groups is 1. The number of anilines is 1. The van der Waals surface area contributed by atoms with Crippen molar-refractivity contribution in [1.29, 1.82) is 0 Å². The molecule has 4 amide bonds. The quantitative estimate of drug-likeness (QED) is 0.815. The van der Waals surface area contributed by atoms with E-state index < -0.39 is 5.54 Å². The lowest BCUT2D eigenvalue weighted by molar-refractivity contribution is -0.131. The molecule has 0 atom stereocenters. The van der Waals surface area contributed by atoms with Crippen LogP contribution in [0, 0.1) is 0 Å². The lowest BCUT2D eigenvalue weighted by Crippen LogP contribution is -2.44. The van der Waals surface area contributed by atoms with Crippen molar-refractivity contribution >= 4 is 23.5 Å². The number of hydrogen-bond acceptors (Lipinski definition) is 3. The van der Waals surface area contributed by atoms with Gasteiger partial charge in [0.15, 0.2) is 0 Å². The fourth-order valence-electron chi connectivity index (χ4n) is 3.57. The summed E-state index contributed by atoms with van der Waals surface area (Å²) in [5, 5.41) is 5.69. The Balaban J connectivity index is 1.58. The third-order valence-corrected chi connectivity index (χ3v) is 4.94. The first-order chi connectivity index (χ1) is 11.6. The highest BCUT2D eigenvalue weighted by molar-refractivity contribution is 6.07. The Kier molecular flexibility index (Phi) is 4.55. The predicted octanol–water partition coefficient (Wildman–Crippen LogP) is 2.44. The average molecular weight is 329 g/mol. The van der Waals surface area contributed by atoms with Gasteiger partial charge in [-0.05, 0) is 30.9 Å². The summed E-state index contributed by atoms with van der Waals surface area (Å²) in [5.74, 6) is -0.365. The number of nitrogens with zero attached hydrogens (tertiary/aromatic N) is 1. The first-order valence-electron chi connectivity index (χ1n) is 8.57. The number of carbonyl (C=O) groups excluding carboxylic acids is 3. The molecule has 2 N–H and O–H groups in total. The van der Waals surface area contributed by atoms with Gasteiger partial charge in [-0.3, -0.25) is 14.5 Å². The second kappa shape index (κ2) is 6.63. The van der Waals surface area contributed by atoms with Crippen LogP contribution in [0.4, 0.5) is 10.5 Å². The topological polar surface area (TPSA) is 78.5 Å². The zero-order valence-corrected chi connectivity index (χ0v) is 13.9. The number of rotatable bonds is 5. The molecule has 1 aliphatic carbocycles. The molecule has 1 spiro atoms. The van der Waals surface area contributed by atoms with Gasteiger partial charge >= 0.3 is 6.03 Å². The maximum atomic E-state index is 12.5. The van der Waals surface area contributed by atoms with E-state index in [4.69, 9.17) is 0 Å². The maximum absolute atomic E-state index is 12.5. The summed E-state index contributed by atoms with van der Waals surface area (Å²) in [6.07, 6.45) is 4.23. The van der Waals surface area contributed by atoms with E-state index in [-0.39, 0.29) is 30.8 Å². The first-order valence-corrected chi connectivity index (χ1v) is 8.57. The molecule has 2 aliphatic rings. The number of para-hydroxylation sites is 1. The molecule has 24 heavy (non-hydrogen) atoms. The van der Waals surface area contributed by atoms with E-state index in [1.54, 1.807) is 0 Å². The standard InChI is InChI=1S/C18H23N3O3/c1-2-13-7-3-4-8-14(13)19-15(22)9-12-21-16(23)18(20-17(21)24)10-5-6-11-18/h3-4,7-8H,2,5-6,9-12H2,1H3,(H,19,22)(H,20,24). The minimum atomic E-state index is -0.706. The van der Waals surface area contributed by atoms with Crippen LogP contribution in [-0.2, 0) is 16.0 Å². The molecule has 0 aromatic heterocycles. The molecule has 1 saturated carbocycles. The SMILES string of the molecule is CCc1ccccc1NC(=O)CCN1C(=O)NC2(CCCC2)C1=O. The van der Waals surface area contributed by atoms with Gasteiger partial charge in [-0.2, -0.15) is 0 Å². The molecule has 0 unspecified atom stereocenters. The Labute approximate surface area is 141 Å². The summed E-state index contributed by atoms with van der Waals surface area (Å²) in [7, 11) is 0. The van der Waals surface area contributed by atoms with Gasteiger partial charge in [0.1, 0.15) is 5.54 Å². The van der Waals surface area contributed by atoms with E-state index in [1.807, 2.05) is 31.2 Å². The second-order valence-electron chi connectivity index (χ2n) is 6.49. The van der Waals surface area contributed by atoms with Gasteiger partial charge in [-0.1, -0.05) is 38.0 Å². The van der Waals surface area contributed by atoms with Gasteiger partial charge in [-0.15, -0.1) is 0 Å². The number of aryl methyl sites for hydroxylation is 1. The molecule has 128 valence electrons. The summed E-state index contributed by atoms with van der Waals surface area (Å²) in [6, 6.07) is 7.26. The molecule has 2 fully saturated rings. The molecule has 1 heterocycles. The van der Waals surface area contributed by atoms with Crippen LogP contribution in [0.15, 0.2) is 24.3 Å². The van der Waals surface area contributed by atoms with Crippen molar-refractivity contribution in [3.8, 4) is 0 Å². The highest BCUT2D eigenvalue weighted by Gasteiger charge is 2.52. The van der Waals surface area contributed by atoms with E-state index in [0.29, 0.717) is 12.8 Å². The van der Waals surface area contributed by atoms with Gasteiger partial charge in [0.2, 0.25) is 5.91 Å². The predicted molar refractivity (Wildman–Crippen MR) is 90.5 cm³/mol. The van der Waals surface area contributed by atoms with Gasteiger partial charge in [0, 0.05) is 18.7 Å². The highest BCUT2D eigenvalue weighted by atomic mass is 16.2. The summed E-state index contributed by atoms with van der Waals surface area (Å²) >= 11 is 0. The molecular weight excluding hydrogens is 306 g/mol. The van der Waals surface area contributed by atoms with Crippen molar-refractivity contribution in [3.05, 3.63) is 29.8 Å². The van der Waals surface area contributed by atoms with Crippen LogP contribution in [0.2, 0.25) is 0 Å². The smallest absolute Gasteiger partial charge is 0.325 e. The number of carbonyl (C=O) groups is 3. The lowest BCUT2D eigenvalue weighted by atomic mass is 9.98. The Morgan fingerprint density at radius 1 is 1.25 bits per heavy atom. The van der Waals surface area contributed by atoms with Crippen LogP contribution in [-0.4, -0.2) is 34.8 Å². The number of amides is 4. The van der Waals surface area contributed by atoms with Crippen molar-refractivity contribution in [2.24, 2.45) is 0 Å². The van der Waals surface area contributed by atoms with E-state index in [9.17, 15) is 14.4 Å². The first kappa shape index (κ1) is 16.5. The fraction of sp³-hybridized carbons (Fsp3) is 0.500. The van der Waals surface area contributed by atoms with E-state index in [2.05, 4.69) is 10.6 Å². The minimum Gasteiger partial charge on any atom is -0.326 e. The molecule has 0 bridgehead atoms. The van der Waals surface area contributed by atoms with Crippen LogP contribution in [0.25, 0.3) is 0 Å². The van der Waals surface area contributed by atoms with Crippen LogP contribution in [0.1, 0.15) is 44.6 Å². The van der Waals surface area contributed by atoms with E-state index >= 15 is 0 Å². The van der Waals surface area contributed by atoms with Crippen LogP contribution in [0.3, 0.4) is 0 Å². The molecule has 1 aromatic rings. The van der Waals surface area contributed by atoms with Crippen molar-refractivity contribution in [2.75, 3.05) is 11.9 Å². The van der Waals surface area contributed by atoms with Crippen molar-refractivity contribution in [2.45, 2.75) is 51.0 Å². The highest BCUT2D eigenvalue weighted by Crippen LogP contribution is 2.35. The van der Waals surface area contributed by atoms with Crippen LogP contribution >= 0.6 is 0 Å². The van der Waals surface area contributed by atoms with Gasteiger partial charge in [-0.25, -0.2) is 4.79 Å². The largest absolute Gasteiger partial charge is 0.326 e. The summed E-state index contributed by atoms with van der Waals surface area (Å²) in [6.45, 7) is 2.14. The summed E-state index contributed by atoms with van der Waals surface area (Å²) in [4.78, 5) is 38.0. The Bertz CT molecular complexity index is 665. The molecule has 0 radical (unpaired) electrons. The minimum absolute atomic E-state index is 0.104. The van der Waals surface area contributed by atoms with Crippen molar-refractivity contribution in [3.63, 3.8) is 0 Å². The van der Waals surface area contributed by atoms with Crippen molar-refractivity contribution < 1.29 is 14.4 Å². The van der Waals surface area contributed by atoms with Gasteiger partial charge < -0.3 is 10.6 Å². The summed E-state index contributed by atoms with van der Waals surface area (Å²) < 4.78 is 0. The molecule has 3 rings (SSSR count). The molecule has 6 nitrogen and oxygen atoms in total. The lowest BCUT2D eigenvalue weighted by Gasteiger charge is -2.20. The molecular formula is C18H23N3O3. The van der Waals surface area contributed by atoms with Gasteiger partial charge in [0.05, 0.1) is 0 Å². The molecule has 1 aliphatic heterocycles. The number of urea groups is 1. The van der Waals surface area contributed by atoms with E-state index in [0.717, 1.165) is 30.5 Å². The number of benzene rings is 1. The molecule has 1 aromatic carbocycles. The number of nitrogens with one attached hydrogen (secondary N) is 2. The molecule has 1 saturated heterocycles. The van der Waals surface area contributed by atoms with Crippen LogP contribution in [0.5, 0.6) is 0 Å². The van der Waals surface area contributed by atoms with Crippen LogP contribution < -0.4 is 10.6 Å². The number of hydrogen-bond donors (Lipinski definition) is 2. The fourth-order valence-corrected chi connectivity index (χ4v) is 3.57. The average Bonchev–Trinajstić information content (AvgIpc) is 3.13. The second-order valence-corrected chi connectivity index (χ2v) is 6.49. The summed E-state index contributed by atoms with van der Waals surface area (Å²) in [5.41, 5.74) is 1.14. The Hall–Kier alpha value is -2.37. The van der Waals surface area contributed by atoms with E-state index in [1.165, 1.54) is 4.90 Å². The zero-order valence-electron chi connectivity index (χ0n) is 13.9. The zero-order chi connectivity index (χ0) is 17.2.